The molecule has 2 atom stereocenters. The van der Waals surface area contributed by atoms with E-state index in [4.69, 9.17) is 9.84 Å². The van der Waals surface area contributed by atoms with Crippen molar-refractivity contribution in [3.8, 4) is 5.75 Å². The van der Waals surface area contributed by atoms with Crippen LogP contribution in [0.5, 0.6) is 5.75 Å². The molecule has 1 aromatic rings. The molecule has 2 unspecified atom stereocenters. The molecule has 3 nitrogen and oxygen atoms in total. The van der Waals surface area contributed by atoms with Crippen LogP contribution in [0.2, 0.25) is 0 Å². The maximum atomic E-state index is 10.4. The Morgan fingerprint density at radius 2 is 1.71 bits per heavy atom. The van der Waals surface area contributed by atoms with Crippen LogP contribution in [0.15, 0.2) is 24.3 Å². The zero-order valence-electron chi connectivity index (χ0n) is 11.2. The smallest absolute Gasteiger partial charge is 0.135 e. The van der Waals surface area contributed by atoms with Crippen LogP contribution < -0.4 is 4.74 Å². The fourth-order valence-electron chi connectivity index (χ4n) is 1.01. The van der Waals surface area contributed by atoms with Gasteiger partial charge in [0.05, 0.1) is 13.2 Å². The Balaban J connectivity index is 0.000000304. The van der Waals surface area contributed by atoms with E-state index < -0.39 is 6.10 Å². The average molecular weight is 238 g/mol. The quantitative estimate of drug-likeness (QED) is 0.880. The average Bonchev–Trinajstić information content (AvgIpc) is 2.29. The van der Waals surface area contributed by atoms with Gasteiger partial charge in [0.2, 0.25) is 0 Å². The number of methoxy groups -OCH3 is 1. The molecule has 0 aromatic heterocycles. The van der Waals surface area contributed by atoms with Crippen LogP contribution in [0.1, 0.15) is 26.3 Å². The molecule has 0 bridgehead atoms. The molecule has 0 aliphatic heterocycles. The van der Waals surface area contributed by atoms with Crippen LogP contribution in [0, 0.1) is 12.8 Å². The third-order valence-electron chi connectivity index (χ3n) is 2.62. The summed E-state index contributed by atoms with van der Waals surface area (Å²) in [6.07, 6.45) is -0.507. The highest BCUT2D eigenvalue weighted by atomic mass is 16.5. The normalized spacial score (nSPS) is 13.1. The summed E-state index contributed by atoms with van der Waals surface area (Å²) in [4.78, 5) is 10.4. The predicted octanol–water partition coefficient (Wildman–Crippen LogP) is 2.60. The summed E-state index contributed by atoms with van der Waals surface area (Å²) in [6.45, 7) is 6.87. The van der Waals surface area contributed by atoms with Gasteiger partial charge >= 0.3 is 0 Å². The molecule has 0 radical (unpaired) electrons. The van der Waals surface area contributed by atoms with E-state index in [1.54, 1.807) is 21.0 Å². The minimum atomic E-state index is -0.507. The van der Waals surface area contributed by atoms with Crippen LogP contribution in [-0.2, 0) is 4.79 Å². The summed E-state index contributed by atoms with van der Waals surface area (Å²) in [7, 11) is 1.67. The van der Waals surface area contributed by atoms with Crippen molar-refractivity contribution in [2.75, 3.05) is 7.11 Å². The Hall–Kier alpha value is -1.35. The number of aliphatic hydroxyl groups is 1. The lowest BCUT2D eigenvalue weighted by atomic mass is 10.0. The van der Waals surface area contributed by atoms with Crippen molar-refractivity contribution in [1.82, 2.24) is 0 Å². The zero-order chi connectivity index (χ0) is 13.4. The van der Waals surface area contributed by atoms with Gasteiger partial charge < -0.3 is 9.84 Å². The number of Topliss-reactive ketones (excluding diaryl/α,β-unsaturated/α-hetero) is 1. The molecular formula is C14H22O3. The second-order valence-corrected chi connectivity index (χ2v) is 4.16. The first-order valence-electron chi connectivity index (χ1n) is 5.67. The van der Waals surface area contributed by atoms with Gasteiger partial charge in [0.1, 0.15) is 11.5 Å². The van der Waals surface area contributed by atoms with Crippen molar-refractivity contribution in [3.63, 3.8) is 0 Å². The number of aliphatic hydroxyl groups excluding tert-OH is 1. The molecule has 0 aliphatic rings. The minimum Gasteiger partial charge on any atom is -0.497 e. The van der Waals surface area contributed by atoms with Gasteiger partial charge in [-0.3, -0.25) is 4.79 Å². The number of carbonyl (C=O) groups is 1. The minimum absolute atomic E-state index is 0.0417. The molecule has 0 spiro atoms. The standard InChI is InChI=1S/C8H10O.C6H12O2/c1-7-3-5-8(9-2)6-4-7;1-4(5(2)7)6(3)8/h3-6H,1-2H3;4-5,7H,1-3H3. The Morgan fingerprint density at radius 1 is 1.24 bits per heavy atom. The van der Waals surface area contributed by atoms with Crippen LogP contribution in [0.4, 0.5) is 0 Å². The Bertz CT molecular complexity index is 328. The molecule has 1 rings (SSSR count). The van der Waals surface area contributed by atoms with Crippen molar-refractivity contribution in [2.24, 2.45) is 5.92 Å². The first-order valence-corrected chi connectivity index (χ1v) is 5.67. The van der Waals surface area contributed by atoms with E-state index in [-0.39, 0.29) is 11.7 Å². The number of hydrogen-bond donors (Lipinski definition) is 1. The van der Waals surface area contributed by atoms with Gasteiger partial charge in [0.25, 0.3) is 0 Å². The number of benzene rings is 1. The fourth-order valence-corrected chi connectivity index (χ4v) is 1.01. The number of rotatable bonds is 3. The monoisotopic (exact) mass is 238 g/mol. The van der Waals surface area contributed by atoms with Crippen LogP contribution in [-0.4, -0.2) is 24.1 Å². The summed E-state index contributed by atoms with van der Waals surface area (Å²) in [5.74, 6) is 0.746. The van der Waals surface area contributed by atoms with Crippen LogP contribution in [0.25, 0.3) is 0 Å². The van der Waals surface area contributed by atoms with E-state index >= 15 is 0 Å². The molecule has 1 aromatic carbocycles. The fraction of sp³-hybridized carbons (Fsp3) is 0.500. The molecule has 0 aliphatic carbocycles. The second-order valence-electron chi connectivity index (χ2n) is 4.16. The van der Waals surface area contributed by atoms with Crippen molar-refractivity contribution in [1.29, 1.82) is 0 Å². The second kappa shape index (κ2) is 7.85. The number of hydrogen-bond acceptors (Lipinski definition) is 3. The van der Waals surface area contributed by atoms with E-state index in [9.17, 15) is 4.79 Å². The maximum absolute atomic E-state index is 10.4. The van der Waals surface area contributed by atoms with Gasteiger partial charge in [-0.05, 0) is 32.9 Å². The van der Waals surface area contributed by atoms with Crippen molar-refractivity contribution in [2.45, 2.75) is 33.8 Å². The SMILES string of the molecule is CC(=O)C(C)C(C)O.COc1ccc(C)cc1. The summed E-state index contributed by atoms with van der Waals surface area (Å²) >= 11 is 0. The van der Waals surface area contributed by atoms with Gasteiger partial charge in [-0.1, -0.05) is 24.6 Å². The molecule has 0 amide bonds. The highest BCUT2D eigenvalue weighted by Crippen LogP contribution is 2.09. The van der Waals surface area contributed by atoms with E-state index in [0.717, 1.165) is 5.75 Å². The Morgan fingerprint density at radius 3 is 1.94 bits per heavy atom. The lowest BCUT2D eigenvalue weighted by molar-refractivity contribution is -0.123. The molecule has 0 saturated carbocycles. The number of ether oxygens (including phenoxy) is 1. The lowest BCUT2D eigenvalue weighted by Crippen LogP contribution is -2.19. The van der Waals surface area contributed by atoms with E-state index in [1.807, 2.05) is 24.3 Å². The van der Waals surface area contributed by atoms with Gasteiger partial charge in [-0.25, -0.2) is 0 Å². The van der Waals surface area contributed by atoms with Crippen molar-refractivity contribution >= 4 is 5.78 Å². The molecule has 3 heteroatoms. The zero-order valence-corrected chi connectivity index (χ0v) is 11.2. The molecule has 96 valence electrons. The number of carbonyl (C=O) groups excluding carboxylic acids is 1. The number of ketones is 1. The highest BCUT2D eigenvalue weighted by Gasteiger charge is 2.12. The van der Waals surface area contributed by atoms with E-state index in [2.05, 4.69) is 6.92 Å². The summed E-state index contributed by atoms with van der Waals surface area (Å²) < 4.78 is 4.97. The molecule has 1 N–H and O–H groups in total. The Labute approximate surface area is 103 Å². The van der Waals surface area contributed by atoms with Crippen LogP contribution >= 0.6 is 0 Å². The van der Waals surface area contributed by atoms with E-state index in [0.29, 0.717) is 0 Å². The van der Waals surface area contributed by atoms with E-state index in [1.165, 1.54) is 12.5 Å². The van der Waals surface area contributed by atoms with Gasteiger partial charge in [-0.15, -0.1) is 0 Å². The van der Waals surface area contributed by atoms with Crippen LogP contribution in [0.3, 0.4) is 0 Å². The first kappa shape index (κ1) is 15.7. The van der Waals surface area contributed by atoms with Gasteiger partial charge in [0, 0.05) is 5.92 Å². The third-order valence-corrected chi connectivity index (χ3v) is 2.62. The topological polar surface area (TPSA) is 46.5 Å². The highest BCUT2D eigenvalue weighted by molar-refractivity contribution is 5.78. The van der Waals surface area contributed by atoms with Gasteiger partial charge in [-0.2, -0.15) is 0 Å². The summed E-state index contributed by atoms with van der Waals surface area (Å²) in [6, 6.07) is 7.96. The number of aryl methyl sites for hydroxylation is 1. The Kier molecular flexibility index (Phi) is 7.22. The molecule has 0 saturated heterocycles. The van der Waals surface area contributed by atoms with Gasteiger partial charge in [0.15, 0.2) is 0 Å². The van der Waals surface area contributed by atoms with Crippen molar-refractivity contribution < 1.29 is 14.6 Å². The largest absolute Gasteiger partial charge is 0.497 e. The molecular weight excluding hydrogens is 216 g/mol. The maximum Gasteiger partial charge on any atom is 0.135 e. The lowest BCUT2D eigenvalue weighted by Gasteiger charge is -2.08. The molecule has 0 heterocycles. The molecule has 0 fully saturated rings. The first-order chi connectivity index (χ1) is 7.88. The third kappa shape index (κ3) is 6.74. The summed E-state index contributed by atoms with van der Waals surface area (Å²) in [5.41, 5.74) is 1.26. The molecule has 17 heavy (non-hydrogen) atoms. The predicted molar refractivity (Wildman–Crippen MR) is 69.3 cm³/mol. The van der Waals surface area contributed by atoms with Crippen molar-refractivity contribution in [3.05, 3.63) is 29.8 Å². The summed E-state index contributed by atoms with van der Waals surface area (Å²) in [5, 5.41) is 8.77.